The molecule has 51 heavy (non-hydrogen) atoms. The summed E-state index contributed by atoms with van der Waals surface area (Å²) in [5, 5.41) is 9.31. The third-order valence-electron chi connectivity index (χ3n) is 9.56. The summed E-state index contributed by atoms with van der Waals surface area (Å²) >= 11 is 0. The van der Waals surface area contributed by atoms with Crippen LogP contribution >= 0.6 is 0 Å². The van der Waals surface area contributed by atoms with Crippen molar-refractivity contribution in [2.24, 2.45) is 5.92 Å². The highest BCUT2D eigenvalue weighted by Crippen LogP contribution is 2.43. The molecule has 7 heteroatoms. The molecule has 3 aromatic carbocycles. The molecule has 274 valence electrons. The van der Waals surface area contributed by atoms with Crippen molar-refractivity contribution in [3.8, 4) is 33.8 Å². The number of hydrogen-bond donors (Lipinski definition) is 1. The number of ether oxygens (including phenoxy) is 4. The maximum Gasteiger partial charge on any atom is 0.333 e. The van der Waals surface area contributed by atoms with Crippen LogP contribution in [0.25, 0.3) is 22.3 Å². The fourth-order valence-corrected chi connectivity index (χ4v) is 6.62. The number of benzene rings is 3. The smallest absolute Gasteiger partial charge is 0.333 e. The lowest BCUT2D eigenvalue weighted by Gasteiger charge is -2.29. The molecule has 1 fully saturated rings. The zero-order chi connectivity index (χ0) is 36.6. The number of carbonyl (C=O) groups is 2. The van der Waals surface area contributed by atoms with Gasteiger partial charge >= 0.3 is 11.9 Å². The van der Waals surface area contributed by atoms with Crippen molar-refractivity contribution in [1.29, 1.82) is 0 Å². The van der Waals surface area contributed by atoms with Crippen LogP contribution in [0.2, 0.25) is 0 Å². The van der Waals surface area contributed by atoms with Gasteiger partial charge in [0.2, 0.25) is 0 Å². The average molecular weight is 697 g/mol. The summed E-state index contributed by atoms with van der Waals surface area (Å²) in [6.45, 7) is 13.3. The van der Waals surface area contributed by atoms with Crippen molar-refractivity contribution in [3.63, 3.8) is 0 Å². The van der Waals surface area contributed by atoms with Crippen LogP contribution in [0.3, 0.4) is 0 Å². The van der Waals surface area contributed by atoms with Gasteiger partial charge in [-0.3, -0.25) is 0 Å². The molecule has 3 aromatic rings. The number of unbranched alkanes of at least 4 members (excludes halogenated alkanes) is 2. The van der Waals surface area contributed by atoms with Crippen LogP contribution < -0.4 is 9.47 Å². The summed E-state index contributed by atoms with van der Waals surface area (Å²) in [6, 6.07) is 20.9. The number of rotatable bonds is 20. The van der Waals surface area contributed by atoms with E-state index in [-0.39, 0.29) is 33.0 Å². The second-order valence-corrected chi connectivity index (χ2v) is 13.7. The summed E-state index contributed by atoms with van der Waals surface area (Å²) in [7, 11) is 0. The Hall–Kier alpha value is -4.36. The molecule has 0 unspecified atom stereocenters. The second-order valence-electron chi connectivity index (χ2n) is 13.7. The van der Waals surface area contributed by atoms with Crippen LogP contribution in [0.15, 0.2) is 85.0 Å². The van der Waals surface area contributed by atoms with Crippen LogP contribution in [0.5, 0.6) is 11.5 Å². The van der Waals surface area contributed by atoms with Crippen molar-refractivity contribution in [1.82, 2.24) is 0 Å². The lowest BCUT2D eigenvalue weighted by atomic mass is 9.77. The predicted octanol–water partition coefficient (Wildman–Crippen LogP) is 9.80. The second kappa shape index (κ2) is 20.5. The van der Waals surface area contributed by atoms with E-state index in [1.807, 2.05) is 36.4 Å². The van der Waals surface area contributed by atoms with Crippen LogP contribution in [-0.2, 0) is 25.5 Å². The Labute approximate surface area is 304 Å². The largest absolute Gasteiger partial charge is 0.489 e. The van der Waals surface area contributed by atoms with Gasteiger partial charge in [0.25, 0.3) is 0 Å². The van der Waals surface area contributed by atoms with E-state index in [2.05, 4.69) is 44.3 Å². The topological polar surface area (TPSA) is 91.3 Å². The van der Waals surface area contributed by atoms with Gasteiger partial charge in [-0.1, -0.05) is 94.3 Å². The first-order valence-corrected chi connectivity index (χ1v) is 18.6. The Morgan fingerprint density at radius 2 is 1.25 bits per heavy atom. The van der Waals surface area contributed by atoms with E-state index in [0.717, 1.165) is 40.2 Å². The number of hydrogen-bond acceptors (Lipinski definition) is 7. The average Bonchev–Trinajstić information content (AvgIpc) is 3.14. The number of aliphatic hydroxyl groups excluding tert-OH is 1. The van der Waals surface area contributed by atoms with E-state index in [1.54, 1.807) is 13.8 Å². The van der Waals surface area contributed by atoms with Crippen molar-refractivity contribution >= 4 is 11.9 Å². The minimum atomic E-state index is -0.468. The zero-order valence-electron chi connectivity index (χ0n) is 30.8. The minimum Gasteiger partial charge on any atom is -0.489 e. The minimum absolute atomic E-state index is 0.0536. The van der Waals surface area contributed by atoms with E-state index in [4.69, 9.17) is 18.9 Å². The van der Waals surface area contributed by atoms with Crippen LogP contribution in [0.1, 0.15) is 95.6 Å². The molecule has 4 rings (SSSR count). The number of esters is 2. The van der Waals surface area contributed by atoms with E-state index in [9.17, 15) is 14.7 Å². The van der Waals surface area contributed by atoms with Gasteiger partial charge in [0, 0.05) is 17.8 Å². The molecule has 0 aromatic heterocycles. The standard InChI is InChI=1S/C44H56O7/c1-6-7-8-10-33-12-16-35(17-13-33)36-20-22-37(23-21-36)39-29-40(48-25-27-50-43(46)31(2)3)42(38-18-14-34(15-19-38)11-9-24-45)41(30-39)49-26-28-51-44(47)32(4)5/h14-15,18-23,29-30,33,35,45H,2,4,6-13,16-17,24-28H2,1,3,5H3. The first-order valence-electron chi connectivity index (χ1n) is 18.6. The van der Waals surface area contributed by atoms with Crippen molar-refractivity contribution < 1.29 is 33.6 Å². The SMILES string of the molecule is C=C(C)C(=O)OCCOc1cc(-c2ccc(C3CCC(CCCCC)CC3)cc2)cc(OCCOC(=O)C(=C)C)c1-c1ccc(CCCO)cc1. The summed E-state index contributed by atoms with van der Waals surface area (Å²) in [4.78, 5) is 24.1. The molecule has 1 aliphatic carbocycles. The third kappa shape index (κ3) is 12.1. The fraction of sp³-hybridized carbons (Fsp3) is 0.455. The van der Waals surface area contributed by atoms with Crippen molar-refractivity contribution in [2.45, 2.75) is 90.9 Å². The van der Waals surface area contributed by atoms with Crippen LogP contribution in [0.4, 0.5) is 0 Å². The fourth-order valence-electron chi connectivity index (χ4n) is 6.62. The normalized spacial score (nSPS) is 15.5. The van der Waals surface area contributed by atoms with Gasteiger partial charge in [-0.2, -0.15) is 0 Å². The number of aliphatic hydroxyl groups is 1. The van der Waals surface area contributed by atoms with Gasteiger partial charge in [-0.15, -0.1) is 0 Å². The summed E-state index contributed by atoms with van der Waals surface area (Å²) in [6.07, 6.45) is 11.9. The molecule has 0 saturated heterocycles. The Bertz CT molecular complexity index is 1530. The van der Waals surface area contributed by atoms with Crippen molar-refractivity contribution in [3.05, 3.63) is 96.1 Å². The summed E-state index contributed by atoms with van der Waals surface area (Å²) in [5.41, 5.74) is 6.68. The molecule has 1 N–H and O–H groups in total. The molecule has 0 bridgehead atoms. The summed E-state index contributed by atoms with van der Waals surface area (Å²) in [5.74, 6) is 1.66. The Balaban J connectivity index is 1.63. The molecular formula is C44H56O7. The highest BCUT2D eigenvalue weighted by Gasteiger charge is 2.23. The predicted molar refractivity (Wildman–Crippen MR) is 204 cm³/mol. The van der Waals surface area contributed by atoms with Crippen LogP contribution in [-0.4, -0.2) is 50.1 Å². The lowest BCUT2D eigenvalue weighted by molar-refractivity contribution is -0.140. The molecule has 0 spiro atoms. The molecule has 7 nitrogen and oxygen atoms in total. The van der Waals surface area contributed by atoms with Gasteiger partial charge in [0.05, 0.1) is 5.56 Å². The van der Waals surface area contributed by atoms with E-state index in [1.165, 1.54) is 56.9 Å². The maximum absolute atomic E-state index is 12.0. The lowest BCUT2D eigenvalue weighted by Crippen LogP contribution is -2.14. The Morgan fingerprint density at radius 3 is 1.76 bits per heavy atom. The molecule has 0 atom stereocenters. The monoisotopic (exact) mass is 696 g/mol. The molecule has 1 saturated carbocycles. The number of carbonyl (C=O) groups excluding carboxylic acids is 2. The van der Waals surface area contributed by atoms with Gasteiger partial charge in [0.1, 0.15) is 37.9 Å². The first-order chi connectivity index (χ1) is 24.7. The van der Waals surface area contributed by atoms with Gasteiger partial charge in [-0.05, 0) is 104 Å². The maximum atomic E-state index is 12.0. The third-order valence-corrected chi connectivity index (χ3v) is 9.56. The Morgan fingerprint density at radius 1 is 0.706 bits per heavy atom. The molecule has 1 aliphatic rings. The summed E-state index contributed by atoms with van der Waals surface area (Å²) < 4.78 is 23.3. The molecule has 0 radical (unpaired) electrons. The molecular weight excluding hydrogens is 640 g/mol. The first kappa shape index (κ1) is 39.4. The Kier molecular flexibility index (Phi) is 15.8. The molecule has 0 heterocycles. The highest BCUT2D eigenvalue weighted by molar-refractivity contribution is 5.87. The van der Waals surface area contributed by atoms with Gasteiger partial charge < -0.3 is 24.1 Å². The van der Waals surface area contributed by atoms with E-state index >= 15 is 0 Å². The highest BCUT2D eigenvalue weighted by atomic mass is 16.6. The van der Waals surface area contributed by atoms with Gasteiger partial charge in [0.15, 0.2) is 0 Å². The van der Waals surface area contributed by atoms with E-state index < -0.39 is 11.9 Å². The molecule has 0 amide bonds. The quantitative estimate of drug-likeness (QED) is 0.0715. The van der Waals surface area contributed by atoms with E-state index in [0.29, 0.717) is 35.0 Å². The molecule has 0 aliphatic heterocycles. The van der Waals surface area contributed by atoms with Crippen LogP contribution in [0, 0.1) is 5.92 Å². The van der Waals surface area contributed by atoms with Gasteiger partial charge in [-0.25, -0.2) is 9.59 Å². The van der Waals surface area contributed by atoms with Crippen molar-refractivity contribution in [2.75, 3.05) is 33.0 Å². The number of aryl methyl sites for hydroxylation is 1. The zero-order valence-corrected chi connectivity index (χ0v) is 30.8.